The average molecular weight is 241 g/mol. The Morgan fingerprint density at radius 2 is 2.12 bits per heavy atom. The van der Waals surface area contributed by atoms with E-state index in [-0.39, 0.29) is 0 Å². The lowest BCUT2D eigenvalue weighted by Crippen LogP contribution is -2.43. The van der Waals surface area contributed by atoms with Crippen molar-refractivity contribution in [1.29, 1.82) is 0 Å². The second-order valence-corrected chi connectivity index (χ2v) is 6.05. The number of hydrogen-bond acceptors (Lipinski definition) is 2. The van der Waals surface area contributed by atoms with Gasteiger partial charge in [0.15, 0.2) is 5.96 Å². The summed E-state index contributed by atoms with van der Waals surface area (Å²) in [5.41, 5.74) is 0. The van der Waals surface area contributed by atoms with E-state index in [9.17, 15) is 0 Å². The number of nitrogens with one attached hydrogen (secondary N) is 2. The molecule has 0 aromatic heterocycles. The molecule has 0 spiro atoms. The number of hydrogen-bond donors (Lipinski definition) is 2. The Hall–Kier alpha value is -0.380. The van der Waals surface area contributed by atoms with Crippen LogP contribution in [0.25, 0.3) is 0 Å². The van der Waals surface area contributed by atoms with Crippen molar-refractivity contribution in [2.24, 2.45) is 10.9 Å². The van der Waals surface area contributed by atoms with Crippen LogP contribution in [0.15, 0.2) is 4.99 Å². The zero-order chi connectivity index (χ0) is 11.4. The van der Waals surface area contributed by atoms with Gasteiger partial charge in [0.05, 0.1) is 0 Å². The molecule has 16 heavy (non-hydrogen) atoms. The first-order valence-electron chi connectivity index (χ1n) is 6.31. The van der Waals surface area contributed by atoms with Crippen molar-refractivity contribution in [3.63, 3.8) is 0 Å². The molecular weight excluding hydrogens is 218 g/mol. The first-order valence-corrected chi connectivity index (χ1v) is 7.60. The Kier molecular flexibility index (Phi) is 4.38. The maximum atomic E-state index is 4.29. The highest BCUT2D eigenvalue weighted by Gasteiger charge is 2.25. The maximum Gasteiger partial charge on any atom is 0.191 e. The third-order valence-corrected chi connectivity index (χ3v) is 4.63. The van der Waals surface area contributed by atoms with E-state index in [1.807, 2.05) is 18.8 Å². The van der Waals surface area contributed by atoms with Crippen LogP contribution in [0.5, 0.6) is 0 Å². The highest BCUT2D eigenvalue weighted by Crippen LogP contribution is 2.28. The number of nitrogens with zero attached hydrogens (tertiary/aromatic N) is 1. The van der Waals surface area contributed by atoms with E-state index in [4.69, 9.17) is 0 Å². The summed E-state index contributed by atoms with van der Waals surface area (Å²) >= 11 is 2.00. The quantitative estimate of drug-likeness (QED) is 0.582. The van der Waals surface area contributed by atoms with Crippen LogP contribution in [-0.4, -0.2) is 37.1 Å². The second kappa shape index (κ2) is 5.80. The molecule has 0 aromatic carbocycles. The molecule has 2 aliphatic rings. The van der Waals surface area contributed by atoms with Crippen LogP contribution in [-0.2, 0) is 0 Å². The minimum Gasteiger partial charge on any atom is -0.356 e. The van der Waals surface area contributed by atoms with Crippen LogP contribution in [0.2, 0.25) is 0 Å². The van der Waals surface area contributed by atoms with E-state index in [2.05, 4.69) is 21.9 Å². The van der Waals surface area contributed by atoms with Crippen molar-refractivity contribution in [3.8, 4) is 0 Å². The molecule has 2 rings (SSSR count). The van der Waals surface area contributed by atoms with Gasteiger partial charge >= 0.3 is 0 Å². The molecule has 0 aromatic rings. The van der Waals surface area contributed by atoms with Crippen molar-refractivity contribution in [2.45, 2.75) is 43.4 Å². The van der Waals surface area contributed by atoms with Gasteiger partial charge in [-0.3, -0.25) is 4.99 Å². The Bertz CT molecular complexity index is 251. The predicted octanol–water partition coefficient (Wildman–Crippen LogP) is 1.85. The first-order chi connectivity index (χ1) is 7.81. The van der Waals surface area contributed by atoms with Crippen LogP contribution in [0, 0.1) is 5.92 Å². The van der Waals surface area contributed by atoms with Gasteiger partial charge in [-0.1, -0.05) is 0 Å². The smallest absolute Gasteiger partial charge is 0.191 e. The van der Waals surface area contributed by atoms with E-state index in [0.29, 0.717) is 6.04 Å². The van der Waals surface area contributed by atoms with Gasteiger partial charge in [-0.15, -0.1) is 0 Å². The molecule has 0 bridgehead atoms. The third kappa shape index (κ3) is 3.58. The van der Waals surface area contributed by atoms with Gasteiger partial charge in [0.25, 0.3) is 0 Å². The van der Waals surface area contributed by atoms with E-state index in [1.165, 1.54) is 32.1 Å². The lowest BCUT2D eigenvalue weighted by atomic mass is 10.2. The summed E-state index contributed by atoms with van der Waals surface area (Å²) in [7, 11) is 1.86. The maximum absolute atomic E-state index is 4.29. The predicted molar refractivity (Wildman–Crippen MR) is 72.2 cm³/mol. The summed E-state index contributed by atoms with van der Waals surface area (Å²) < 4.78 is 0. The summed E-state index contributed by atoms with van der Waals surface area (Å²) in [5.74, 6) is 1.90. The molecule has 3 nitrogen and oxygen atoms in total. The van der Waals surface area contributed by atoms with Gasteiger partial charge in [-0.2, -0.15) is 11.8 Å². The molecule has 2 atom stereocenters. The molecule has 2 N–H and O–H groups in total. The molecule has 2 unspecified atom stereocenters. The standard InChI is InChI=1S/C12H23N3S/c1-13-12(14-8-9-3-4-9)15-10-5-6-11(7-10)16-2/h9-11H,3-8H2,1-2H3,(H2,13,14,15). The fourth-order valence-corrected chi connectivity index (χ4v) is 3.03. The topological polar surface area (TPSA) is 36.4 Å². The summed E-state index contributed by atoms with van der Waals surface area (Å²) in [6.07, 6.45) is 8.91. The number of rotatable bonds is 4. The molecule has 0 saturated heterocycles. The molecule has 0 amide bonds. The molecule has 0 radical (unpaired) electrons. The molecule has 0 aliphatic heterocycles. The summed E-state index contributed by atoms with van der Waals surface area (Å²) in [4.78, 5) is 4.29. The van der Waals surface area contributed by atoms with Gasteiger partial charge in [-0.05, 0) is 44.3 Å². The Morgan fingerprint density at radius 3 is 2.69 bits per heavy atom. The normalized spacial score (nSPS) is 30.5. The highest BCUT2D eigenvalue weighted by atomic mass is 32.2. The molecular formula is C12H23N3S. The van der Waals surface area contributed by atoms with E-state index >= 15 is 0 Å². The van der Waals surface area contributed by atoms with Crippen molar-refractivity contribution in [2.75, 3.05) is 19.8 Å². The van der Waals surface area contributed by atoms with Gasteiger partial charge in [-0.25, -0.2) is 0 Å². The second-order valence-electron chi connectivity index (χ2n) is 4.91. The molecule has 2 fully saturated rings. The molecule has 2 saturated carbocycles. The van der Waals surface area contributed by atoms with Crippen LogP contribution in [0.4, 0.5) is 0 Å². The van der Waals surface area contributed by atoms with Gasteiger partial charge in [0.1, 0.15) is 0 Å². The number of aliphatic imine (C=N–C) groups is 1. The van der Waals surface area contributed by atoms with Gasteiger partial charge in [0.2, 0.25) is 0 Å². The van der Waals surface area contributed by atoms with Crippen LogP contribution >= 0.6 is 11.8 Å². The number of thioether (sulfide) groups is 1. The van der Waals surface area contributed by atoms with Gasteiger partial charge in [0, 0.05) is 24.9 Å². The van der Waals surface area contributed by atoms with E-state index in [0.717, 1.165) is 23.7 Å². The summed E-state index contributed by atoms with van der Waals surface area (Å²) in [6, 6.07) is 0.628. The van der Waals surface area contributed by atoms with Crippen molar-refractivity contribution in [3.05, 3.63) is 0 Å². The highest BCUT2D eigenvalue weighted by molar-refractivity contribution is 7.99. The molecule has 2 aliphatic carbocycles. The van der Waals surface area contributed by atoms with Crippen molar-refractivity contribution < 1.29 is 0 Å². The van der Waals surface area contributed by atoms with Crippen molar-refractivity contribution in [1.82, 2.24) is 10.6 Å². The van der Waals surface area contributed by atoms with Crippen LogP contribution in [0.3, 0.4) is 0 Å². The fraction of sp³-hybridized carbons (Fsp3) is 0.917. The Balaban J connectivity index is 1.69. The monoisotopic (exact) mass is 241 g/mol. The minimum atomic E-state index is 0.628. The summed E-state index contributed by atoms with van der Waals surface area (Å²) in [5, 5.41) is 7.81. The van der Waals surface area contributed by atoms with Gasteiger partial charge < -0.3 is 10.6 Å². The minimum absolute atomic E-state index is 0.628. The van der Waals surface area contributed by atoms with Crippen LogP contribution < -0.4 is 10.6 Å². The molecule has 0 heterocycles. The molecule has 92 valence electrons. The first kappa shape index (κ1) is 12.1. The fourth-order valence-electron chi connectivity index (χ4n) is 2.24. The zero-order valence-electron chi connectivity index (χ0n) is 10.3. The summed E-state index contributed by atoms with van der Waals surface area (Å²) in [6.45, 7) is 1.10. The Morgan fingerprint density at radius 1 is 1.31 bits per heavy atom. The number of guanidine groups is 1. The molecule has 4 heteroatoms. The van der Waals surface area contributed by atoms with E-state index in [1.54, 1.807) is 0 Å². The lowest BCUT2D eigenvalue weighted by Gasteiger charge is -2.17. The largest absolute Gasteiger partial charge is 0.356 e. The average Bonchev–Trinajstić information content (AvgIpc) is 3.03. The zero-order valence-corrected chi connectivity index (χ0v) is 11.1. The Labute approximate surface area is 103 Å². The van der Waals surface area contributed by atoms with Crippen molar-refractivity contribution >= 4 is 17.7 Å². The van der Waals surface area contributed by atoms with E-state index < -0.39 is 0 Å². The SMILES string of the molecule is CN=C(NCC1CC1)NC1CCC(SC)C1. The van der Waals surface area contributed by atoms with Crippen LogP contribution in [0.1, 0.15) is 32.1 Å². The lowest BCUT2D eigenvalue weighted by molar-refractivity contribution is 0.610. The third-order valence-electron chi connectivity index (χ3n) is 3.54.